The van der Waals surface area contributed by atoms with Crippen molar-refractivity contribution in [3.8, 4) is 11.5 Å². The molecule has 0 unspecified atom stereocenters. The molecule has 0 aliphatic heterocycles. The van der Waals surface area contributed by atoms with Gasteiger partial charge in [0.15, 0.2) is 0 Å². The lowest BCUT2D eigenvalue weighted by Gasteiger charge is -2.10. The van der Waals surface area contributed by atoms with E-state index in [0.717, 1.165) is 16.7 Å². The summed E-state index contributed by atoms with van der Waals surface area (Å²) in [6, 6.07) is 12.9. The number of hydrogen-bond acceptors (Lipinski definition) is 3. The summed E-state index contributed by atoms with van der Waals surface area (Å²) >= 11 is 0. The SMILES string of the molecule is COc1ccc2[nH]cc(C(=O)Nc3ccc(OC(C)C)cc3)c2c1. The molecule has 5 heteroatoms. The zero-order chi connectivity index (χ0) is 17.1. The highest BCUT2D eigenvalue weighted by atomic mass is 16.5. The maximum atomic E-state index is 12.5. The lowest BCUT2D eigenvalue weighted by Crippen LogP contribution is -2.11. The zero-order valence-corrected chi connectivity index (χ0v) is 13.9. The minimum atomic E-state index is -0.174. The highest BCUT2D eigenvalue weighted by Gasteiger charge is 2.13. The maximum Gasteiger partial charge on any atom is 0.257 e. The van der Waals surface area contributed by atoms with E-state index >= 15 is 0 Å². The number of hydrogen-bond donors (Lipinski definition) is 2. The van der Waals surface area contributed by atoms with Gasteiger partial charge in [-0.05, 0) is 56.3 Å². The van der Waals surface area contributed by atoms with Gasteiger partial charge in [-0.25, -0.2) is 0 Å². The van der Waals surface area contributed by atoms with Gasteiger partial charge in [-0.1, -0.05) is 0 Å². The first-order chi connectivity index (χ1) is 11.6. The largest absolute Gasteiger partial charge is 0.497 e. The molecule has 24 heavy (non-hydrogen) atoms. The predicted octanol–water partition coefficient (Wildman–Crippen LogP) is 4.22. The van der Waals surface area contributed by atoms with Gasteiger partial charge in [-0.15, -0.1) is 0 Å². The van der Waals surface area contributed by atoms with Crippen LogP contribution in [0.1, 0.15) is 24.2 Å². The van der Waals surface area contributed by atoms with E-state index < -0.39 is 0 Å². The van der Waals surface area contributed by atoms with Crippen LogP contribution in [0.15, 0.2) is 48.7 Å². The maximum absolute atomic E-state index is 12.5. The van der Waals surface area contributed by atoms with Crippen LogP contribution < -0.4 is 14.8 Å². The molecule has 2 N–H and O–H groups in total. The zero-order valence-electron chi connectivity index (χ0n) is 13.9. The van der Waals surface area contributed by atoms with Crippen molar-refractivity contribution < 1.29 is 14.3 Å². The van der Waals surface area contributed by atoms with Crippen molar-refractivity contribution >= 4 is 22.5 Å². The molecule has 0 bridgehead atoms. The molecule has 1 amide bonds. The monoisotopic (exact) mass is 324 g/mol. The topological polar surface area (TPSA) is 63.4 Å². The number of carbonyl (C=O) groups excluding carboxylic acids is 1. The molecule has 1 heterocycles. The number of aromatic amines is 1. The number of rotatable bonds is 5. The molecule has 0 saturated heterocycles. The molecule has 124 valence electrons. The number of carbonyl (C=O) groups is 1. The van der Waals surface area contributed by atoms with Crippen molar-refractivity contribution in [2.24, 2.45) is 0 Å². The third-order valence-corrected chi connectivity index (χ3v) is 3.62. The molecular formula is C19H20N2O3. The molecule has 0 aliphatic carbocycles. The summed E-state index contributed by atoms with van der Waals surface area (Å²) in [5.41, 5.74) is 2.18. The quantitative estimate of drug-likeness (QED) is 0.739. The number of anilines is 1. The predicted molar refractivity (Wildman–Crippen MR) is 95.0 cm³/mol. The number of aromatic nitrogens is 1. The fourth-order valence-electron chi connectivity index (χ4n) is 2.50. The molecule has 3 aromatic rings. The Kier molecular flexibility index (Phi) is 4.42. The molecule has 3 rings (SSSR count). The molecule has 0 radical (unpaired) electrons. The summed E-state index contributed by atoms with van der Waals surface area (Å²) in [5.74, 6) is 1.32. The van der Waals surface area contributed by atoms with Crippen LogP contribution >= 0.6 is 0 Å². The van der Waals surface area contributed by atoms with E-state index in [1.165, 1.54) is 0 Å². The summed E-state index contributed by atoms with van der Waals surface area (Å²) in [4.78, 5) is 15.6. The van der Waals surface area contributed by atoms with E-state index in [1.807, 2.05) is 56.3 Å². The first-order valence-electron chi connectivity index (χ1n) is 7.80. The van der Waals surface area contributed by atoms with Crippen LogP contribution in [0, 0.1) is 0 Å². The standard InChI is InChI=1S/C19H20N2O3/c1-12(2)24-14-6-4-13(5-7-14)21-19(22)17-11-20-18-9-8-15(23-3)10-16(17)18/h4-12,20H,1-3H3,(H,21,22). The average Bonchev–Trinajstić information content (AvgIpc) is 2.99. The van der Waals surface area contributed by atoms with Gasteiger partial charge >= 0.3 is 0 Å². The van der Waals surface area contributed by atoms with E-state index in [-0.39, 0.29) is 12.0 Å². The van der Waals surface area contributed by atoms with Gasteiger partial charge < -0.3 is 19.8 Å². The van der Waals surface area contributed by atoms with Crippen LogP contribution in [-0.4, -0.2) is 24.1 Å². The van der Waals surface area contributed by atoms with Crippen LogP contribution in [0.25, 0.3) is 10.9 Å². The Labute approximate surface area is 140 Å². The molecule has 0 atom stereocenters. The molecule has 1 aromatic heterocycles. The highest BCUT2D eigenvalue weighted by Crippen LogP contribution is 2.25. The summed E-state index contributed by atoms with van der Waals surface area (Å²) in [6.45, 7) is 3.95. The summed E-state index contributed by atoms with van der Waals surface area (Å²) < 4.78 is 10.8. The summed E-state index contributed by atoms with van der Waals surface area (Å²) in [7, 11) is 1.61. The van der Waals surface area contributed by atoms with Crippen LogP contribution in [0.4, 0.5) is 5.69 Å². The van der Waals surface area contributed by atoms with Crippen molar-refractivity contribution in [3.63, 3.8) is 0 Å². The van der Waals surface area contributed by atoms with Gasteiger partial charge in [0.2, 0.25) is 0 Å². The Morgan fingerprint density at radius 1 is 1.08 bits per heavy atom. The molecule has 0 spiro atoms. The first kappa shape index (κ1) is 15.9. The molecule has 0 aliphatic rings. The van der Waals surface area contributed by atoms with E-state index in [2.05, 4.69) is 10.3 Å². The van der Waals surface area contributed by atoms with Gasteiger partial charge in [0.1, 0.15) is 11.5 Å². The van der Waals surface area contributed by atoms with Crippen molar-refractivity contribution in [3.05, 3.63) is 54.2 Å². The average molecular weight is 324 g/mol. The van der Waals surface area contributed by atoms with E-state index in [9.17, 15) is 4.79 Å². The van der Waals surface area contributed by atoms with Crippen molar-refractivity contribution in [1.29, 1.82) is 0 Å². The number of fused-ring (bicyclic) bond motifs is 1. The van der Waals surface area contributed by atoms with Crippen LogP contribution in [0.2, 0.25) is 0 Å². The van der Waals surface area contributed by atoms with E-state index in [0.29, 0.717) is 17.0 Å². The second-order valence-corrected chi connectivity index (χ2v) is 5.76. The lowest BCUT2D eigenvalue weighted by molar-refractivity contribution is 0.102. The Morgan fingerprint density at radius 2 is 1.79 bits per heavy atom. The van der Waals surface area contributed by atoms with Crippen LogP contribution in [0.3, 0.4) is 0 Å². The second-order valence-electron chi connectivity index (χ2n) is 5.76. The summed E-state index contributed by atoms with van der Waals surface area (Å²) in [6.07, 6.45) is 1.82. The van der Waals surface area contributed by atoms with Crippen LogP contribution in [0.5, 0.6) is 11.5 Å². The molecule has 5 nitrogen and oxygen atoms in total. The highest BCUT2D eigenvalue weighted by molar-refractivity contribution is 6.13. The van der Waals surface area contributed by atoms with Gasteiger partial charge in [0.05, 0.1) is 18.8 Å². The number of amides is 1. The fraction of sp³-hybridized carbons (Fsp3) is 0.211. The second kappa shape index (κ2) is 6.66. The van der Waals surface area contributed by atoms with E-state index in [4.69, 9.17) is 9.47 Å². The molecule has 0 fully saturated rings. The third kappa shape index (κ3) is 3.35. The Bertz CT molecular complexity index is 851. The number of nitrogens with one attached hydrogen (secondary N) is 2. The van der Waals surface area contributed by atoms with Crippen molar-refractivity contribution in [2.45, 2.75) is 20.0 Å². The fourth-order valence-corrected chi connectivity index (χ4v) is 2.50. The van der Waals surface area contributed by atoms with Crippen molar-refractivity contribution in [1.82, 2.24) is 4.98 Å². The molecule has 0 saturated carbocycles. The van der Waals surface area contributed by atoms with Crippen LogP contribution in [-0.2, 0) is 0 Å². The number of H-pyrrole nitrogens is 1. The number of methoxy groups -OCH3 is 1. The van der Waals surface area contributed by atoms with Gasteiger partial charge in [-0.3, -0.25) is 4.79 Å². The minimum Gasteiger partial charge on any atom is -0.497 e. The Balaban J connectivity index is 1.79. The number of benzene rings is 2. The van der Waals surface area contributed by atoms with Gasteiger partial charge in [0.25, 0.3) is 5.91 Å². The number of ether oxygens (including phenoxy) is 2. The minimum absolute atomic E-state index is 0.117. The summed E-state index contributed by atoms with van der Waals surface area (Å²) in [5, 5.41) is 3.72. The molecule has 2 aromatic carbocycles. The van der Waals surface area contributed by atoms with E-state index in [1.54, 1.807) is 13.3 Å². The van der Waals surface area contributed by atoms with Crippen molar-refractivity contribution in [2.75, 3.05) is 12.4 Å². The third-order valence-electron chi connectivity index (χ3n) is 3.62. The normalized spacial score (nSPS) is 10.8. The Hall–Kier alpha value is -2.95. The lowest BCUT2D eigenvalue weighted by atomic mass is 10.1. The molecular weight excluding hydrogens is 304 g/mol. The van der Waals surface area contributed by atoms with Gasteiger partial charge in [0, 0.05) is 22.8 Å². The first-order valence-corrected chi connectivity index (χ1v) is 7.80. The van der Waals surface area contributed by atoms with Gasteiger partial charge in [-0.2, -0.15) is 0 Å². The smallest absolute Gasteiger partial charge is 0.257 e. The Morgan fingerprint density at radius 3 is 2.46 bits per heavy atom.